The van der Waals surface area contributed by atoms with Crippen molar-refractivity contribution in [1.82, 2.24) is 0 Å². The van der Waals surface area contributed by atoms with Crippen molar-refractivity contribution in [2.24, 2.45) is 17.3 Å². The predicted octanol–water partition coefficient (Wildman–Crippen LogP) is 4.01. The summed E-state index contributed by atoms with van der Waals surface area (Å²) in [4.78, 5) is 0. The summed E-state index contributed by atoms with van der Waals surface area (Å²) >= 11 is 0. The second-order valence-corrected chi connectivity index (χ2v) is 6.19. The van der Waals surface area contributed by atoms with Gasteiger partial charge in [-0.3, -0.25) is 0 Å². The minimum atomic E-state index is -4.56. The minimum Gasteiger partial charge on any atom is -0.381 e. The van der Waals surface area contributed by atoms with Gasteiger partial charge in [0.05, 0.1) is 0 Å². The monoisotopic (exact) mass is 240 g/mol. The van der Waals surface area contributed by atoms with Gasteiger partial charge in [0.15, 0.2) is 5.60 Å². The van der Waals surface area contributed by atoms with E-state index in [4.69, 9.17) is 0 Å². The quantitative estimate of drug-likeness (QED) is 0.790. The number of aliphatic hydroxyl groups is 1. The molecule has 16 heavy (non-hydrogen) atoms. The first kappa shape index (κ1) is 15.8. The SMILES string of the molecule is CC(C)C(CC(C)(O)C(F)(F)F)C(C)(C)C. The summed E-state index contributed by atoms with van der Waals surface area (Å²) in [6, 6.07) is 0. The Balaban J connectivity index is 4.92. The van der Waals surface area contributed by atoms with Crippen molar-refractivity contribution in [3.8, 4) is 0 Å². The van der Waals surface area contributed by atoms with E-state index in [0.29, 0.717) is 0 Å². The van der Waals surface area contributed by atoms with Crippen molar-refractivity contribution in [2.45, 2.75) is 59.7 Å². The summed E-state index contributed by atoms with van der Waals surface area (Å²) in [5, 5.41) is 9.51. The lowest BCUT2D eigenvalue weighted by Crippen LogP contribution is -2.46. The molecule has 1 N–H and O–H groups in total. The Labute approximate surface area is 96.0 Å². The van der Waals surface area contributed by atoms with Gasteiger partial charge in [0.25, 0.3) is 0 Å². The molecular formula is C12H23F3O. The fraction of sp³-hybridized carbons (Fsp3) is 1.00. The van der Waals surface area contributed by atoms with Crippen LogP contribution in [0.5, 0.6) is 0 Å². The van der Waals surface area contributed by atoms with E-state index in [1.807, 2.05) is 34.6 Å². The maximum absolute atomic E-state index is 12.6. The molecule has 0 aromatic rings. The summed E-state index contributed by atoms with van der Waals surface area (Å²) in [5.41, 5.74) is -2.85. The predicted molar refractivity (Wildman–Crippen MR) is 59.1 cm³/mol. The highest BCUT2D eigenvalue weighted by molar-refractivity contribution is 4.89. The first-order valence-corrected chi connectivity index (χ1v) is 5.58. The Bertz CT molecular complexity index is 223. The van der Waals surface area contributed by atoms with Crippen molar-refractivity contribution in [3.63, 3.8) is 0 Å². The molecule has 98 valence electrons. The van der Waals surface area contributed by atoms with Crippen LogP contribution >= 0.6 is 0 Å². The van der Waals surface area contributed by atoms with Gasteiger partial charge in [0.1, 0.15) is 0 Å². The largest absolute Gasteiger partial charge is 0.416 e. The van der Waals surface area contributed by atoms with E-state index in [1.165, 1.54) is 0 Å². The van der Waals surface area contributed by atoms with Crippen molar-refractivity contribution in [3.05, 3.63) is 0 Å². The Morgan fingerprint density at radius 2 is 1.38 bits per heavy atom. The number of rotatable bonds is 3. The molecular weight excluding hydrogens is 217 g/mol. The molecule has 0 heterocycles. The van der Waals surface area contributed by atoms with Crippen LogP contribution in [0.15, 0.2) is 0 Å². The van der Waals surface area contributed by atoms with Crippen molar-refractivity contribution in [1.29, 1.82) is 0 Å². The highest BCUT2D eigenvalue weighted by Gasteiger charge is 2.52. The summed E-state index contributed by atoms with van der Waals surface area (Å²) in [7, 11) is 0. The molecule has 0 aliphatic carbocycles. The minimum absolute atomic E-state index is 0.105. The van der Waals surface area contributed by atoms with E-state index in [9.17, 15) is 18.3 Å². The van der Waals surface area contributed by atoms with E-state index < -0.39 is 11.8 Å². The third-order valence-electron chi connectivity index (χ3n) is 3.15. The zero-order valence-electron chi connectivity index (χ0n) is 10.9. The van der Waals surface area contributed by atoms with Crippen molar-refractivity contribution < 1.29 is 18.3 Å². The van der Waals surface area contributed by atoms with Crippen LogP contribution in [0.25, 0.3) is 0 Å². The fourth-order valence-corrected chi connectivity index (χ4v) is 2.09. The maximum Gasteiger partial charge on any atom is 0.416 e. The van der Waals surface area contributed by atoms with Crippen LogP contribution in [0, 0.1) is 17.3 Å². The normalized spacial score (nSPS) is 19.7. The lowest BCUT2D eigenvalue weighted by atomic mass is 9.69. The van der Waals surface area contributed by atoms with E-state index in [2.05, 4.69) is 0 Å². The molecule has 4 heteroatoms. The second kappa shape index (κ2) is 4.55. The molecule has 0 aromatic heterocycles. The summed E-state index contributed by atoms with van der Waals surface area (Å²) in [6.45, 7) is 10.4. The van der Waals surface area contributed by atoms with Crippen LogP contribution in [0.1, 0.15) is 48.0 Å². The molecule has 0 rings (SSSR count). The highest BCUT2D eigenvalue weighted by atomic mass is 19.4. The van der Waals surface area contributed by atoms with Gasteiger partial charge in [-0.1, -0.05) is 34.6 Å². The molecule has 0 aliphatic rings. The number of halogens is 3. The number of hydrogen-bond acceptors (Lipinski definition) is 1. The topological polar surface area (TPSA) is 20.2 Å². The van der Waals surface area contributed by atoms with Crippen molar-refractivity contribution >= 4 is 0 Å². The molecule has 1 nitrogen and oxygen atoms in total. The standard InChI is InChI=1S/C12H23F3O/c1-8(2)9(10(3,4)5)7-11(6,16)12(13,14)15/h8-9,16H,7H2,1-6H3. The molecule has 0 fully saturated rings. The number of alkyl halides is 3. The van der Waals surface area contributed by atoms with E-state index >= 15 is 0 Å². The molecule has 0 aliphatic heterocycles. The first-order valence-electron chi connectivity index (χ1n) is 5.58. The van der Waals surface area contributed by atoms with Crippen LogP contribution in [0.2, 0.25) is 0 Å². The molecule has 0 spiro atoms. The molecule has 0 aromatic carbocycles. The average Bonchev–Trinajstić information content (AvgIpc) is 1.95. The van der Waals surface area contributed by atoms with Crippen molar-refractivity contribution in [2.75, 3.05) is 0 Å². The smallest absolute Gasteiger partial charge is 0.381 e. The van der Waals surface area contributed by atoms with Crippen LogP contribution in [-0.2, 0) is 0 Å². The van der Waals surface area contributed by atoms with Gasteiger partial charge in [-0.05, 0) is 30.6 Å². The molecule has 0 saturated heterocycles. The Hall–Kier alpha value is -0.250. The molecule has 0 amide bonds. The van der Waals surface area contributed by atoms with E-state index in [-0.39, 0.29) is 23.7 Å². The molecule has 0 radical (unpaired) electrons. The molecule has 0 saturated carbocycles. The van der Waals surface area contributed by atoms with Gasteiger partial charge in [0, 0.05) is 0 Å². The van der Waals surface area contributed by atoms with Crippen LogP contribution in [0.4, 0.5) is 13.2 Å². The molecule has 2 atom stereocenters. The third-order valence-corrected chi connectivity index (χ3v) is 3.15. The van der Waals surface area contributed by atoms with Crippen LogP contribution in [-0.4, -0.2) is 16.9 Å². The lowest BCUT2D eigenvalue weighted by molar-refractivity contribution is -0.262. The lowest BCUT2D eigenvalue weighted by Gasteiger charge is -2.39. The third kappa shape index (κ3) is 3.96. The average molecular weight is 240 g/mol. The van der Waals surface area contributed by atoms with Gasteiger partial charge >= 0.3 is 6.18 Å². The Kier molecular flexibility index (Phi) is 4.48. The van der Waals surface area contributed by atoms with E-state index in [1.54, 1.807) is 0 Å². The Morgan fingerprint density at radius 3 is 1.56 bits per heavy atom. The van der Waals surface area contributed by atoms with E-state index in [0.717, 1.165) is 6.92 Å². The van der Waals surface area contributed by atoms with Gasteiger partial charge in [0.2, 0.25) is 0 Å². The highest BCUT2D eigenvalue weighted by Crippen LogP contribution is 2.43. The zero-order valence-corrected chi connectivity index (χ0v) is 10.9. The van der Waals surface area contributed by atoms with Gasteiger partial charge in [-0.2, -0.15) is 13.2 Å². The van der Waals surface area contributed by atoms with Gasteiger partial charge in [-0.15, -0.1) is 0 Å². The van der Waals surface area contributed by atoms with Gasteiger partial charge < -0.3 is 5.11 Å². The number of hydrogen-bond donors (Lipinski definition) is 1. The second-order valence-electron chi connectivity index (χ2n) is 6.19. The Morgan fingerprint density at radius 1 is 1.00 bits per heavy atom. The fourth-order valence-electron chi connectivity index (χ4n) is 2.09. The van der Waals surface area contributed by atoms with Crippen LogP contribution in [0.3, 0.4) is 0 Å². The van der Waals surface area contributed by atoms with Crippen LogP contribution < -0.4 is 0 Å². The molecule has 2 unspecified atom stereocenters. The summed E-state index contributed by atoms with van der Waals surface area (Å²) in [5.74, 6) is -0.0713. The molecule has 0 bridgehead atoms. The van der Waals surface area contributed by atoms with Gasteiger partial charge in [-0.25, -0.2) is 0 Å². The summed E-state index contributed by atoms with van der Waals surface area (Å²) in [6.07, 6.45) is -4.82. The maximum atomic E-state index is 12.6. The zero-order chi connectivity index (χ0) is 13.4. The summed E-state index contributed by atoms with van der Waals surface area (Å²) < 4.78 is 37.8. The first-order chi connectivity index (χ1) is 6.79.